The smallest absolute Gasteiger partial charge is 0.410 e. The number of para-hydroxylation sites is 1. The maximum absolute atomic E-state index is 13.4. The third-order valence-corrected chi connectivity index (χ3v) is 6.80. The Balaban J connectivity index is 1.67. The number of fused-ring (bicyclic) bond motifs is 1. The molecule has 8 nitrogen and oxygen atoms in total. The molecule has 0 aliphatic rings. The van der Waals surface area contributed by atoms with Crippen molar-refractivity contribution in [2.45, 2.75) is 31.9 Å². The van der Waals surface area contributed by atoms with Gasteiger partial charge in [0.05, 0.1) is 20.3 Å². The molecule has 4 rings (SSSR count). The summed E-state index contributed by atoms with van der Waals surface area (Å²) in [6.07, 6.45) is -0.115. The number of aromatic nitrogens is 1. The Morgan fingerprint density at radius 2 is 1.41 bits per heavy atom. The predicted octanol–water partition coefficient (Wildman–Crippen LogP) is 5.54. The molecule has 202 valence electrons. The molecule has 0 fully saturated rings. The topological polar surface area (TPSA) is 97.9 Å². The van der Waals surface area contributed by atoms with Crippen LogP contribution in [0.3, 0.4) is 0 Å². The van der Waals surface area contributed by atoms with Gasteiger partial charge in [0.25, 0.3) is 0 Å². The summed E-state index contributed by atoms with van der Waals surface area (Å²) in [4.78, 5) is 43.7. The van der Waals surface area contributed by atoms with E-state index in [0.717, 1.165) is 27.6 Å². The monoisotopic (exact) mass is 528 g/mol. The molecule has 3 aromatic carbocycles. The lowest BCUT2D eigenvalue weighted by Crippen LogP contribution is -2.36. The van der Waals surface area contributed by atoms with E-state index >= 15 is 0 Å². The summed E-state index contributed by atoms with van der Waals surface area (Å²) < 4.78 is 15.6. The molecule has 0 saturated carbocycles. The van der Waals surface area contributed by atoms with E-state index in [2.05, 4.69) is 4.98 Å². The number of carbonyl (C=O) groups excluding carboxylic acids is 3. The standard InChI is InChI=1S/C31H32N2O6/c1-21(23-14-8-5-9-15-23)33(31(36)39-20-22-12-6-4-7-13-22)19-18-25-24-16-10-11-17-26(24)32-28(25)27(29(34)37-2)30(35)38-3/h4-17,21,27,32H,18-20H2,1-3H3/t21-/m0/s1. The first kappa shape index (κ1) is 27.4. The van der Waals surface area contributed by atoms with Crippen molar-refractivity contribution in [1.82, 2.24) is 9.88 Å². The maximum atomic E-state index is 13.4. The highest BCUT2D eigenvalue weighted by Gasteiger charge is 2.35. The number of methoxy groups -OCH3 is 2. The zero-order valence-electron chi connectivity index (χ0n) is 22.3. The van der Waals surface area contributed by atoms with Crippen molar-refractivity contribution in [2.24, 2.45) is 0 Å². The Labute approximate surface area is 227 Å². The van der Waals surface area contributed by atoms with E-state index in [-0.39, 0.29) is 19.2 Å². The first-order chi connectivity index (χ1) is 18.9. The van der Waals surface area contributed by atoms with Gasteiger partial charge in [-0.25, -0.2) is 4.79 Å². The highest BCUT2D eigenvalue weighted by atomic mass is 16.6. The van der Waals surface area contributed by atoms with E-state index in [1.54, 1.807) is 4.90 Å². The van der Waals surface area contributed by atoms with Crippen LogP contribution < -0.4 is 0 Å². The molecule has 1 atom stereocenters. The van der Waals surface area contributed by atoms with E-state index < -0.39 is 23.9 Å². The van der Waals surface area contributed by atoms with Gasteiger partial charge in [-0.2, -0.15) is 0 Å². The molecule has 1 amide bonds. The lowest BCUT2D eigenvalue weighted by atomic mass is 9.97. The van der Waals surface area contributed by atoms with Crippen molar-refractivity contribution >= 4 is 28.9 Å². The second kappa shape index (κ2) is 12.8. The van der Waals surface area contributed by atoms with Crippen molar-refractivity contribution in [1.29, 1.82) is 0 Å². The Morgan fingerprint density at radius 1 is 0.821 bits per heavy atom. The molecule has 0 unspecified atom stereocenters. The largest absolute Gasteiger partial charge is 0.468 e. The molecule has 1 heterocycles. The molecule has 0 saturated heterocycles. The van der Waals surface area contributed by atoms with Crippen molar-refractivity contribution in [2.75, 3.05) is 20.8 Å². The number of benzene rings is 3. The first-order valence-electron chi connectivity index (χ1n) is 12.7. The molecule has 0 spiro atoms. The fourth-order valence-corrected chi connectivity index (χ4v) is 4.69. The Hall–Kier alpha value is -4.59. The van der Waals surface area contributed by atoms with Crippen molar-refractivity contribution in [3.8, 4) is 0 Å². The molecule has 0 aliphatic carbocycles. The summed E-state index contributed by atoms with van der Waals surface area (Å²) >= 11 is 0. The number of hydrogen-bond acceptors (Lipinski definition) is 6. The molecule has 0 aliphatic heterocycles. The van der Waals surface area contributed by atoms with Crippen LogP contribution in [0, 0.1) is 0 Å². The average Bonchev–Trinajstić information content (AvgIpc) is 3.34. The minimum Gasteiger partial charge on any atom is -0.468 e. The van der Waals surface area contributed by atoms with E-state index in [4.69, 9.17) is 14.2 Å². The molecule has 39 heavy (non-hydrogen) atoms. The quantitative estimate of drug-likeness (QED) is 0.165. The van der Waals surface area contributed by atoms with Gasteiger partial charge in [-0.1, -0.05) is 78.9 Å². The van der Waals surface area contributed by atoms with E-state index in [0.29, 0.717) is 12.1 Å². The number of esters is 2. The van der Waals surface area contributed by atoms with E-state index in [1.807, 2.05) is 91.9 Å². The number of aromatic amines is 1. The normalized spacial score (nSPS) is 11.7. The predicted molar refractivity (Wildman–Crippen MR) is 147 cm³/mol. The number of rotatable bonds is 10. The summed E-state index contributed by atoms with van der Waals surface area (Å²) in [5.74, 6) is -2.75. The summed E-state index contributed by atoms with van der Waals surface area (Å²) in [6, 6.07) is 26.4. The van der Waals surface area contributed by atoms with Crippen LogP contribution in [0.1, 0.15) is 41.3 Å². The first-order valence-corrected chi connectivity index (χ1v) is 12.7. The van der Waals surface area contributed by atoms with Crippen LogP contribution in [-0.4, -0.2) is 48.7 Å². The molecule has 1 aromatic heterocycles. The van der Waals surface area contributed by atoms with Crippen LogP contribution in [-0.2, 0) is 36.8 Å². The van der Waals surface area contributed by atoms with Gasteiger partial charge >= 0.3 is 18.0 Å². The fraction of sp³-hybridized carbons (Fsp3) is 0.258. The van der Waals surface area contributed by atoms with Crippen molar-refractivity contribution in [3.05, 3.63) is 107 Å². The van der Waals surface area contributed by atoms with Crippen LogP contribution in [0.5, 0.6) is 0 Å². The summed E-state index contributed by atoms with van der Waals surface area (Å²) in [7, 11) is 2.46. The third kappa shape index (κ3) is 6.29. The minimum absolute atomic E-state index is 0.142. The number of ether oxygens (including phenoxy) is 3. The number of carbonyl (C=O) groups is 3. The van der Waals surface area contributed by atoms with E-state index in [1.165, 1.54) is 14.2 Å². The zero-order chi connectivity index (χ0) is 27.8. The molecule has 0 bridgehead atoms. The number of nitrogens with zero attached hydrogens (tertiary/aromatic N) is 1. The van der Waals surface area contributed by atoms with Gasteiger partial charge < -0.3 is 24.1 Å². The second-order valence-electron chi connectivity index (χ2n) is 9.11. The van der Waals surface area contributed by atoms with Crippen LogP contribution in [0.25, 0.3) is 10.9 Å². The fourth-order valence-electron chi connectivity index (χ4n) is 4.69. The van der Waals surface area contributed by atoms with Gasteiger partial charge in [-0.15, -0.1) is 0 Å². The Bertz CT molecular complexity index is 1400. The average molecular weight is 529 g/mol. The van der Waals surface area contributed by atoms with E-state index in [9.17, 15) is 14.4 Å². The SMILES string of the molecule is COC(=O)C(C(=O)OC)c1[nH]c2ccccc2c1CCN(C(=O)OCc1ccccc1)[C@@H](C)c1ccccc1. The summed E-state index contributed by atoms with van der Waals surface area (Å²) in [6.45, 7) is 2.36. The van der Waals surface area contributed by atoms with Gasteiger partial charge in [0, 0.05) is 23.1 Å². The van der Waals surface area contributed by atoms with Crippen molar-refractivity contribution in [3.63, 3.8) is 0 Å². The number of amides is 1. The molecule has 1 N–H and O–H groups in total. The number of H-pyrrole nitrogens is 1. The molecule has 4 aromatic rings. The van der Waals surface area contributed by atoms with Crippen molar-refractivity contribution < 1.29 is 28.6 Å². The minimum atomic E-state index is -1.28. The van der Waals surface area contributed by atoms with Gasteiger partial charge in [-0.05, 0) is 36.1 Å². The van der Waals surface area contributed by atoms with Crippen LogP contribution >= 0.6 is 0 Å². The third-order valence-electron chi connectivity index (χ3n) is 6.80. The molecule has 8 heteroatoms. The Morgan fingerprint density at radius 3 is 2.05 bits per heavy atom. The van der Waals surface area contributed by atoms with Gasteiger partial charge in [0.15, 0.2) is 5.92 Å². The lowest BCUT2D eigenvalue weighted by Gasteiger charge is -2.29. The number of nitrogens with one attached hydrogen (secondary N) is 1. The van der Waals surface area contributed by atoms with Crippen LogP contribution in [0.4, 0.5) is 4.79 Å². The van der Waals surface area contributed by atoms with Crippen LogP contribution in [0.15, 0.2) is 84.9 Å². The van der Waals surface area contributed by atoms with Crippen LogP contribution in [0.2, 0.25) is 0 Å². The number of hydrogen-bond donors (Lipinski definition) is 1. The second-order valence-corrected chi connectivity index (χ2v) is 9.11. The highest BCUT2D eigenvalue weighted by molar-refractivity contribution is 6.02. The maximum Gasteiger partial charge on any atom is 0.410 e. The van der Waals surface area contributed by atoms with Gasteiger partial charge in [-0.3, -0.25) is 9.59 Å². The summed E-state index contributed by atoms with van der Waals surface area (Å²) in [5, 5.41) is 0.843. The molecular formula is C31H32N2O6. The molecular weight excluding hydrogens is 496 g/mol. The van der Waals surface area contributed by atoms with Gasteiger partial charge in [0.1, 0.15) is 6.61 Å². The Kier molecular flexibility index (Phi) is 8.99. The highest BCUT2D eigenvalue weighted by Crippen LogP contribution is 2.31. The lowest BCUT2D eigenvalue weighted by molar-refractivity contribution is -0.154. The molecule has 0 radical (unpaired) electrons. The zero-order valence-corrected chi connectivity index (χ0v) is 22.3. The van der Waals surface area contributed by atoms with Gasteiger partial charge in [0.2, 0.25) is 0 Å². The summed E-state index contributed by atoms with van der Waals surface area (Å²) in [5.41, 5.74) is 3.72.